The number of pyridine rings is 1. The molecule has 0 saturated heterocycles. The van der Waals surface area contributed by atoms with Crippen LogP contribution in [0.25, 0.3) is 0 Å². The third kappa shape index (κ3) is 2.74. The fraction of sp³-hybridized carbons (Fsp3) is 0.0833. The molecule has 3 rings (SSSR count). The number of benzene rings is 1. The topological polar surface area (TPSA) is 54.4 Å². The lowest BCUT2D eigenvalue weighted by Crippen LogP contribution is -2.28. The first kappa shape index (κ1) is 12.9. The molecule has 2 N–H and O–H groups in total. The predicted molar refractivity (Wildman–Crippen MR) is 79.8 cm³/mol. The molecule has 4 nitrogen and oxygen atoms in total. The first-order chi connectivity index (χ1) is 9.24. The molecule has 19 heavy (non-hydrogen) atoms. The Bertz CT molecular complexity index is 598. The third-order valence-corrected chi connectivity index (χ3v) is 3.97. The molecule has 0 amide bonds. The van der Waals surface area contributed by atoms with Gasteiger partial charge in [0.1, 0.15) is 5.03 Å². The van der Waals surface area contributed by atoms with Crippen LogP contribution in [-0.4, -0.2) is 17.1 Å². The molecule has 0 fully saturated rings. The second kappa shape index (κ2) is 5.46. The van der Waals surface area contributed by atoms with Crippen LogP contribution in [0.3, 0.4) is 0 Å². The normalized spacial score (nSPS) is 13.5. The summed E-state index contributed by atoms with van der Waals surface area (Å²) in [5, 5.41) is 10.6. The van der Waals surface area contributed by atoms with Gasteiger partial charge in [-0.2, -0.15) is 0 Å². The molecule has 96 valence electrons. The highest BCUT2D eigenvalue weighted by atomic mass is 32.2. The van der Waals surface area contributed by atoms with E-state index in [0.29, 0.717) is 6.61 Å². The lowest BCUT2D eigenvalue weighted by molar-refractivity contribution is 0.275. The van der Waals surface area contributed by atoms with Crippen molar-refractivity contribution in [3.63, 3.8) is 0 Å². The Kier molecular flexibility index (Phi) is 3.70. The fourth-order valence-corrected chi connectivity index (χ4v) is 2.85. The summed E-state index contributed by atoms with van der Waals surface area (Å²) in [7, 11) is -0.843. The molecule has 2 aromatic rings. The monoisotopic (exact) mass is 290 g/mol. The Labute approximate surface area is 121 Å². The zero-order valence-electron chi connectivity index (χ0n) is 9.91. The maximum Gasteiger partial charge on any atom is 0.491 e. The van der Waals surface area contributed by atoms with E-state index in [1.807, 2.05) is 30.3 Å². The van der Waals surface area contributed by atoms with E-state index < -0.39 is 7.12 Å². The Morgan fingerprint density at radius 1 is 1.42 bits per heavy atom. The van der Waals surface area contributed by atoms with Crippen LogP contribution in [0, 0.1) is 0 Å². The maximum atomic E-state index is 9.69. The molecule has 1 aliphatic heterocycles. The molecule has 0 bridgehead atoms. The summed E-state index contributed by atoms with van der Waals surface area (Å²) < 4.78 is 8.36. The number of rotatable bonds is 3. The number of hydrogen-bond donors (Lipinski definition) is 3. The van der Waals surface area contributed by atoms with Gasteiger partial charge in [-0.3, -0.25) is 0 Å². The van der Waals surface area contributed by atoms with Gasteiger partial charge in [-0.25, -0.2) is 4.98 Å². The molecular formula is C12H11BN2O2S2. The highest BCUT2D eigenvalue weighted by molar-refractivity contribution is 8.00. The van der Waals surface area contributed by atoms with Gasteiger partial charge in [0.2, 0.25) is 0 Å². The first-order valence-electron chi connectivity index (χ1n) is 5.73. The highest BCUT2D eigenvalue weighted by Crippen LogP contribution is 2.27. The van der Waals surface area contributed by atoms with E-state index in [1.165, 1.54) is 11.9 Å². The Morgan fingerprint density at radius 3 is 3.11 bits per heavy atom. The third-order valence-electron chi connectivity index (χ3n) is 2.82. The zero-order valence-corrected chi connectivity index (χ0v) is 11.6. The molecule has 1 aromatic heterocycles. The van der Waals surface area contributed by atoms with Crippen molar-refractivity contribution in [3.05, 3.63) is 42.1 Å². The number of aromatic nitrogens is 1. The van der Waals surface area contributed by atoms with Crippen molar-refractivity contribution in [1.82, 2.24) is 4.98 Å². The highest BCUT2D eigenvalue weighted by Gasteiger charge is 2.28. The maximum absolute atomic E-state index is 9.69. The summed E-state index contributed by atoms with van der Waals surface area (Å²) >= 11 is 5.84. The molecule has 7 heteroatoms. The number of nitrogens with one attached hydrogen (secondary N) is 1. The molecule has 0 atom stereocenters. The lowest BCUT2D eigenvalue weighted by atomic mass is 9.79. The standard InChI is InChI=1S/C12H11BN2O2S2/c16-13-9-6-10(11(18)5-8(9)7-17-13)15-19-12-3-1-2-4-14-12/h1-6,15-16,18H,7H2. The lowest BCUT2D eigenvalue weighted by Gasteiger charge is -2.10. The number of thiol groups is 1. The van der Waals surface area contributed by atoms with Crippen molar-refractivity contribution >= 4 is 42.8 Å². The number of nitrogens with zero attached hydrogens (tertiary/aromatic N) is 1. The van der Waals surface area contributed by atoms with Gasteiger partial charge in [0, 0.05) is 23.0 Å². The van der Waals surface area contributed by atoms with Crippen molar-refractivity contribution in [3.8, 4) is 0 Å². The van der Waals surface area contributed by atoms with Crippen LogP contribution in [-0.2, 0) is 11.3 Å². The van der Waals surface area contributed by atoms with Crippen LogP contribution in [0.15, 0.2) is 46.5 Å². The molecule has 1 aliphatic rings. The number of anilines is 1. The molecule has 0 radical (unpaired) electrons. The van der Waals surface area contributed by atoms with Crippen LogP contribution in [0.5, 0.6) is 0 Å². The largest absolute Gasteiger partial charge is 0.491 e. The first-order valence-corrected chi connectivity index (χ1v) is 7.00. The minimum Gasteiger partial charge on any atom is -0.423 e. The summed E-state index contributed by atoms with van der Waals surface area (Å²) in [5.74, 6) is 0. The minimum absolute atomic E-state index is 0.428. The van der Waals surface area contributed by atoms with Crippen molar-refractivity contribution in [2.24, 2.45) is 0 Å². The number of fused-ring (bicyclic) bond motifs is 1. The summed E-state index contributed by atoms with van der Waals surface area (Å²) in [5.41, 5.74) is 2.61. The summed E-state index contributed by atoms with van der Waals surface area (Å²) in [6.45, 7) is 0.428. The van der Waals surface area contributed by atoms with Crippen molar-refractivity contribution in [1.29, 1.82) is 0 Å². The van der Waals surface area contributed by atoms with Gasteiger partial charge in [-0.1, -0.05) is 6.07 Å². The average molecular weight is 290 g/mol. The fourth-order valence-electron chi connectivity index (χ4n) is 1.86. The molecular weight excluding hydrogens is 279 g/mol. The summed E-state index contributed by atoms with van der Waals surface area (Å²) in [6.07, 6.45) is 1.74. The van der Waals surface area contributed by atoms with Crippen molar-refractivity contribution in [2.45, 2.75) is 16.5 Å². The molecule has 2 heterocycles. The molecule has 0 unspecified atom stereocenters. The minimum atomic E-state index is -0.843. The van der Waals surface area contributed by atoms with E-state index in [2.05, 4.69) is 22.3 Å². The van der Waals surface area contributed by atoms with E-state index >= 15 is 0 Å². The van der Waals surface area contributed by atoms with Gasteiger partial charge in [-0.15, -0.1) is 12.6 Å². The van der Waals surface area contributed by atoms with E-state index in [9.17, 15) is 5.02 Å². The van der Waals surface area contributed by atoms with Gasteiger partial charge < -0.3 is 14.4 Å². The van der Waals surface area contributed by atoms with E-state index in [-0.39, 0.29) is 0 Å². The number of hydrogen-bond acceptors (Lipinski definition) is 6. The summed E-state index contributed by atoms with van der Waals surface area (Å²) in [6, 6.07) is 9.50. The second-order valence-electron chi connectivity index (χ2n) is 4.10. The Balaban J connectivity index is 1.80. The molecule has 1 aromatic carbocycles. The quantitative estimate of drug-likeness (QED) is 0.456. The predicted octanol–water partition coefficient (Wildman–Crippen LogP) is 1.71. The molecule has 0 spiro atoms. The van der Waals surface area contributed by atoms with E-state index in [1.54, 1.807) is 6.20 Å². The van der Waals surface area contributed by atoms with Gasteiger partial charge in [0.25, 0.3) is 0 Å². The van der Waals surface area contributed by atoms with Gasteiger partial charge in [0.15, 0.2) is 0 Å². The summed E-state index contributed by atoms with van der Waals surface area (Å²) in [4.78, 5) is 5.03. The Morgan fingerprint density at radius 2 is 2.32 bits per heavy atom. The van der Waals surface area contributed by atoms with E-state index in [0.717, 1.165) is 26.6 Å². The smallest absolute Gasteiger partial charge is 0.423 e. The zero-order chi connectivity index (χ0) is 13.2. The SMILES string of the molecule is OB1OCc2cc(S)c(NSc3ccccn3)cc21. The van der Waals surface area contributed by atoms with Crippen LogP contribution < -0.4 is 10.2 Å². The van der Waals surface area contributed by atoms with Gasteiger partial charge in [0.05, 0.1) is 12.3 Å². The van der Waals surface area contributed by atoms with Gasteiger partial charge in [-0.05, 0) is 35.3 Å². The van der Waals surface area contributed by atoms with Crippen LogP contribution >= 0.6 is 24.6 Å². The van der Waals surface area contributed by atoms with Crippen molar-refractivity contribution < 1.29 is 9.68 Å². The second-order valence-corrected chi connectivity index (χ2v) is 5.41. The van der Waals surface area contributed by atoms with Gasteiger partial charge >= 0.3 is 7.12 Å². The van der Waals surface area contributed by atoms with E-state index in [4.69, 9.17) is 4.65 Å². The van der Waals surface area contributed by atoms with Crippen LogP contribution in [0.2, 0.25) is 0 Å². The van der Waals surface area contributed by atoms with Crippen LogP contribution in [0.4, 0.5) is 5.69 Å². The van der Waals surface area contributed by atoms with Crippen LogP contribution in [0.1, 0.15) is 5.56 Å². The molecule has 0 aliphatic carbocycles. The molecule has 0 saturated carbocycles. The Hall–Kier alpha value is -1.15. The van der Waals surface area contributed by atoms with Crippen molar-refractivity contribution in [2.75, 3.05) is 4.72 Å². The average Bonchev–Trinajstić information content (AvgIpc) is 2.78.